The highest BCUT2D eigenvalue weighted by molar-refractivity contribution is 7.89. The second-order valence-electron chi connectivity index (χ2n) is 8.40. The van der Waals surface area contributed by atoms with Crippen LogP contribution in [0.5, 0.6) is 0 Å². The number of benzene rings is 2. The molecule has 1 fully saturated rings. The summed E-state index contributed by atoms with van der Waals surface area (Å²) in [5.41, 5.74) is 2.56. The number of pyridine rings is 1. The third-order valence-corrected chi connectivity index (χ3v) is 7.19. The summed E-state index contributed by atoms with van der Waals surface area (Å²) in [6.07, 6.45) is 3.32. The Morgan fingerprint density at radius 1 is 1.09 bits per heavy atom. The summed E-state index contributed by atoms with van der Waals surface area (Å²) in [6.45, 7) is 2.00. The lowest BCUT2D eigenvalue weighted by molar-refractivity contribution is 0.102. The van der Waals surface area contributed by atoms with E-state index in [0.29, 0.717) is 16.9 Å². The highest BCUT2D eigenvalue weighted by atomic mass is 32.2. The monoisotopic (exact) mass is 477 g/mol. The molecule has 0 radical (unpaired) electrons. The van der Waals surface area contributed by atoms with E-state index in [1.165, 1.54) is 21.2 Å². The summed E-state index contributed by atoms with van der Waals surface area (Å²) in [6, 6.07) is 17.0. The first-order valence-electron chi connectivity index (χ1n) is 10.9. The summed E-state index contributed by atoms with van der Waals surface area (Å²) in [4.78, 5) is 25.6. The minimum Gasteiger partial charge on any atom is -0.322 e. The fourth-order valence-electron chi connectivity index (χ4n) is 3.69. The molecule has 9 nitrogen and oxygen atoms in total. The van der Waals surface area contributed by atoms with Crippen LogP contribution in [-0.4, -0.2) is 34.5 Å². The van der Waals surface area contributed by atoms with Gasteiger partial charge in [0, 0.05) is 23.5 Å². The molecule has 34 heavy (non-hydrogen) atoms. The Morgan fingerprint density at radius 3 is 2.68 bits per heavy atom. The second kappa shape index (κ2) is 8.54. The zero-order valence-electron chi connectivity index (χ0n) is 18.4. The Bertz CT molecular complexity index is 1570. The molecular formula is C24H23N5O4S. The number of hydrogen-bond donors (Lipinski definition) is 2. The van der Waals surface area contributed by atoms with Gasteiger partial charge in [-0.15, -0.1) is 5.10 Å². The van der Waals surface area contributed by atoms with E-state index in [0.717, 1.165) is 18.4 Å². The van der Waals surface area contributed by atoms with Crippen LogP contribution in [0.2, 0.25) is 0 Å². The number of nitrogens with zero attached hydrogens (tertiary/aromatic N) is 3. The highest BCUT2D eigenvalue weighted by Gasteiger charge is 2.28. The van der Waals surface area contributed by atoms with Crippen molar-refractivity contribution in [2.24, 2.45) is 0 Å². The van der Waals surface area contributed by atoms with Gasteiger partial charge in [0.25, 0.3) is 5.91 Å². The van der Waals surface area contributed by atoms with Gasteiger partial charge in [-0.25, -0.2) is 22.6 Å². The summed E-state index contributed by atoms with van der Waals surface area (Å²) < 4.78 is 30.6. The van der Waals surface area contributed by atoms with Gasteiger partial charge in [-0.3, -0.25) is 9.20 Å². The number of aryl methyl sites for hydroxylation is 1. The van der Waals surface area contributed by atoms with E-state index >= 15 is 0 Å². The topological polar surface area (TPSA) is 115 Å². The third-order valence-electron chi connectivity index (χ3n) is 5.67. The number of nitrogens with one attached hydrogen (secondary N) is 2. The number of anilines is 1. The SMILES string of the molecule is Cc1ccc(S(=O)(=O)NC2CC2)cc1C(=O)Nc1cccc(Cn2nc3ccccn3c2=O)c1. The first-order valence-corrected chi connectivity index (χ1v) is 12.4. The van der Waals surface area contributed by atoms with Crippen LogP contribution in [0.1, 0.15) is 34.3 Å². The molecular weight excluding hydrogens is 454 g/mol. The van der Waals surface area contributed by atoms with Crippen LogP contribution in [0.25, 0.3) is 5.65 Å². The summed E-state index contributed by atoms with van der Waals surface area (Å²) in [7, 11) is -3.67. The number of aromatic nitrogens is 3. The molecule has 1 saturated carbocycles. The molecule has 1 aliphatic rings. The third kappa shape index (κ3) is 4.50. The lowest BCUT2D eigenvalue weighted by Crippen LogP contribution is -2.26. The lowest BCUT2D eigenvalue weighted by Gasteiger charge is -2.12. The number of hydrogen-bond acceptors (Lipinski definition) is 5. The maximum absolute atomic E-state index is 13.0. The predicted octanol–water partition coefficient (Wildman–Crippen LogP) is 2.55. The van der Waals surface area contributed by atoms with E-state index in [9.17, 15) is 18.0 Å². The van der Waals surface area contributed by atoms with Crippen molar-refractivity contribution in [3.05, 3.63) is 94.0 Å². The molecule has 2 heterocycles. The molecule has 0 aliphatic heterocycles. The van der Waals surface area contributed by atoms with Crippen molar-refractivity contribution in [2.45, 2.75) is 37.2 Å². The highest BCUT2D eigenvalue weighted by Crippen LogP contribution is 2.24. The maximum atomic E-state index is 13.0. The zero-order valence-corrected chi connectivity index (χ0v) is 19.2. The van der Waals surface area contributed by atoms with Gasteiger partial charge in [-0.05, 0) is 67.3 Å². The van der Waals surface area contributed by atoms with Crippen LogP contribution in [0.4, 0.5) is 5.69 Å². The summed E-state index contributed by atoms with van der Waals surface area (Å²) in [5, 5.41) is 7.16. The van der Waals surface area contributed by atoms with Gasteiger partial charge in [-0.1, -0.05) is 24.3 Å². The van der Waals surface area contributed by atoms with Gasteiger partial charge >= 0.3 is 5.69 Å². The average Bonchev–Trinajstić information content (AvgIpc) is 3.56. The molecule has 1 amide bonds. The Kier molecular flexibility index (Phi) is 5.54. The normalized spacial score (nSPS) is 13.8. The van der Waals surface area contributed by atoms with Crippen LogP contribution in [0.3, 0.4) is 0 Å². The Balaban J connectivity index is 1.36. The molecule has 2 aromatic heterocycles. The van der Waals surface area contributed by atoms with Crippen molar-refractivity contribution < 1.29 is 13.2 Å². The molecule has 1 aliphatic carbocycles. The van der Waals surface area contributed by atoms with Crippen molar-refractivity contribution in [3.63, 3.8) is 0 Å². The molecule has 4 aromatic rings. The number of fused-ring (bicyclic) bond motifs is 1. The molecule has 0 atom stereocenters. The fourth-order valence-corrected chi connectivity index (χ4v) is 5.02. The zero-order chi connectivity index (χ0) is 23.9. The van der Waals surface area contributed by atoms with Crippen LogP contribution in [0, 0.1) is 6.92 Å². The lowest BCUT2D eigenvalue weighted by atomic mass is 10.1. The maximum Gasteiger partial charge on any atom is 0.350 e. The first kappa shape index (κ1) is 22.1. The number of amides is 1. The first-order chi connectivity index (χ1) is 16.3. The average molecular weight is 478 g/mol. The number of rotatable bonds is 7. The molecule has 2 N–H and O–H groups in total. The minimum absolute atomic E-state index is 0.0215. The Labute approximate surface area is 196 Å². The van der Waals surface area contributed by atoms with E-state index in [1.807, 2.05) is 12.1 Å². The molecule has 5 rings (SSSR count). The van der Waals surface area contributed by atoms with Crippen LogP contribution in [0.15, 0.2) is 76.6 Å². The van der Waals surface area contributed by atoms with Crippen molar-refractivity contribution in [1.29, 1.82) is 0 Å². The van der Waals surface area contributed by atoms with E-state index in [-0.39, 0.29) is 28.7 Å². The fraction of sp³-hybridized carbons (Fsp3) is 0.208. The van der Waals surface area contributed by atoms with Crippen LogP contribution in [-0.2, 0) is 16.6 Å². The van der Waals surface area contributed by atoms with Crippen molar-refractivity contribution in [1.82, 2.24) is 18.9 Å². The Morgan fingerprint density at radius 2 is 1.91 bits per heavy atom. The van der Waals surface area contributed by atoms with Crippen molar-refractivity contribution in [3.8, 4) is 0 Å². The molecule has 0 saturated heterocycles. The molecule has 10 heteroatoms. The number of carbonyl (C=O) groups is 1. The van der Waals surface area contributed by atoms with Gasteiger partial charge in [0.05, 0.1) is 11.4 Å². The smallest absolute Gasteiger partial charge is 0.322 e. The number of sulfonamides is 1. The second-order valence-corrected chi connectivity index (χ2v) is 10.1. The summed E-state index contributed by atoms with van der Waals surface area (Å²) >= 11 is 0. The molecule has 174 valence electrons. The van der Waals surface area contributed by atoms with Crippen molar-refractivity contribution in [2.75, 3.05) is 5.32 Å². The van der Waals surface area contributed by atoms with E-state index < -0.39 is 15.9 Å². The number of carbonyl (C=O) groups excluding carboxylic acids is 1. The van der Waals surface area contributed by atoms with Gasteiger partial charge in [0.1, 0.15) is 0 Å². The predicted molar refractivity (Wildman–Crippen MR) is 127 cm³/mol. The van der Waals surface area contributed by atoms with E-state index in [1.54, 1.807) is 49.5 Å². The van der Waals surface area contributed by atoms with Gasteiger partial charge < -0.3 is 5.32 Å². The standard InChI is InChI=1S/C24H23N5O4S/c1-16-8-11-20(34(32,33)27-18-9-10-18)14-21(16)23(30)25-19-6-4-5-17(13-19)15-29-24(31)28-12-3-2-7-22(28)26-29/h2-8,11-14,18,27H,9-10,15H2,1H3,(H,25,30). The molecule has 2 aromatic carbocycles. The van der Waals surface area contributed by atoms with E-state index in [4.69, 9.17) is 0 Å². The summed E-state index contributed by atoms with van der Waals surface area (Å²) in [5.74, 6) is -0.414. The molecule has 0 bridgehead atoms. The quantitative estimate of drug-likeness (QED) is 0.425. The van der Waals surface area contributed by atoms with Crippen molar-refractivity contribution >= 4 is 27.3 Å². The van der Waals surface area contributed by atoms with Crippen LogP contribution < -0.4 is 15.7 Å². The van der Waals surface area contributed by atoms with Gasteiger partial charge in [0.2, 0.25) is 10.0 Å². The van der Waals surface area contributed by atoms with Crippen LogP contribution >= 0.6 is 0 Å². The van der Waals surface area contributed by atoms with Gasteiger partial charge in [-0.2, -0.15) is 0 Å². The Hall–Kier alpha value is -3.76. The minimum atomic E-state index is -3.67. The largest absolute Gasteiger partial charge is 0.350 e. The van der Waals surface area contributed by atoms with E-state index in [2.05, 4.69) is 15.1 Å². The van der Waals surface area contributed by atoms with Gasteiger partial charge in [0.15, 0.2) is 5.65 Å². The molecule has 0 unspecified atom stereocenters. The molecule has 0 spiro atoms.